The standard InChI is InChI=1S/C14H11BrN2O4/c1-8-4-11(15)5-12(17(19)20)13(8)21-14-9(2)3-10(7-18)6-16-14/h3-7H,1-2H3. The topological polar surface area (TPSA) is 82.3 Å². The number of aromatic nitrogens is 1. The summed E-state index contributed by atoms with van der Waals surface area (Å²) in [6.07, 6.45) is 2.03. The Kier molecular flexibility index (Phi) is 4.32. The van der Waals surface area contributed by atoms with Crippen molar-refractivity contribution in [2.24, 2.45) is 0 Å². The Labute approximate surface area is 129 Å². The summed E-state index contributed by atoms with van der Waals surface area (Å²) >= 11 is 3.22. The number of ether oxygens (including phenoxy) is 1. The van der Waals surface area contributed by atoms with E-state index in [0.29, 0.717) is 27.4 Å². The van der Waals surface area contributed by atoms with Crippen LogP contribution in [0.15, 0.2) is 28.9 Å². The number of aryl methyl sites for hydroxylation is 2. The zero-order valence-corrected chi connectivity index (χ0v) is 12.9. The van der Waals surface area contributed by atoms with E-state index in [1.807, 2.05) is 0 Å². The molecule has 1 aromatic carbocycles. The van der Waals surface area contributed by atoms with Gasteiger partial charge in [0.15, 0.2) is 6.29 Å². The lowest BCUT2D eigenvalue weighted by Crippen LogP contribution is -1.99. The van der Waals surface area contributed by atoms with Crippen molar-refractivity contribution in [1.29, 1.82) is 0 Å². The maximum atomic E-state index is 11.1. The minimum atomic E-state index is -0.512. The third-order valence-corrected chi connectivity index (χ3v) is 3.26. The first-order valence-corrected chi connectivity index (χ1v) is 6.76. The zero-order chi connectivity index (χ0) is 15.6. The first-order valence-electron chi connectivity index (χ1n) is 5.96. The van der Waals surface area contributed by atoms with Gasteiger partial charge in [-0.3, -0.25) is 14.9 Å². The van der Waals surface area contributed by atoms with Crippen LogP contribution in [0.5, 0.6) is 11.6 Å². The van der Waals surface area contributed by atoms with Gasteiger partial charge in [0.1, 0.15) is 0 Å². The molecule has 108 valence electrons. The quantitative estimate of drug-likeness (QED) is 0.473. The van der Waals surface area contributed by atoms with Crippen LogP contribution in [-0.4, -0.2) is 16.2 Å². The van der Waals surface area contributed by atoms with Crippen LogP contribution in [0, 0.1) is 24.0 Å². The molecule has 0 fully saturated rings. The highest BCUT2D eigenvalue weighted by molar-refractivity contribution is 9.10. The summed E-state index contributed by atoms with van der Waals surface area (Å²) < 4.78 is 6.19. The van der Waals surface area contributed by atoms with E-state index in [1.54, 1.807) is 26.0 Å². The van der Waals surface area contributed by atoms with Crippen molar-refractivity contribution in [3.05, 3.63) is 55.7 Å². The van der Waals surface area contributed by atoms with Crippen LogP contribution in [0.25, 0.3) is 0 Å². The molecule has 6 nitrogen and oxygen atoms in total. The summed E-state index contributed by atoms with van der Waals surface area (Å²) in [5.41, 5.74) is 1.50. The van der Waals surface area contributed by atoms with Gasteiger partial charge in [-0.05, 0) is 26.0 Å². The average Bonchev–Trinajstić information content (AvgIpc) is 2.42. The highest BCUT2D eigenvalue weighted by Gasteiger charge is 2.20. The fraction of sp³-hybridized carbons (Fsp3) is 0.143. The van der Waals surface area contributed by atoms with E-state index in [-0.39, 0.29) is 17.3 Å². The number of benzene rings is 1. The van der Waals surface area contributed by atoms with Crippen molar-refractivity contribution in [3.63, 3.8) is 0 Å². The van der Waals surface area contributed by atoms with Crippen molar-refractivity contribution in [2.75, 3.05) is 0 Å². The molecule has 0 N–H and O–H groups in total. The first-order chi connectivity index (χ1) is 9.92. The summed E-state index contributed by atoms with van der Waals surface area (Å²) in [6.45, 7) is 3.43. The van der Waals surface area contributed by atoms with Gasteiger partial charge in [0.05, 0.1) is 4.92 Å². The Morgan fingerprint density at radius 1 is 1.29 bits per heavy atom. The third-order valence-electron chi connectivity index (χ3n) is 2.80. The lowest BCUT2D eigenvalue weighted by Gasteiger charge is -2.11. The molecule has 0 aliphatic carbocycles. The van der Waals surface area contributed by atoms with E-state index in [2.05, 4.69) is 20.9 Å². The van der Waals surface area contributed by atoms with Crippen molar-refractivity contribution in [2.45, 2.75) is 13.8 Å². The predicted molar refractivity (Wildman–Crippen MR) is 80.0 cm³/mol. The summed E-state index contributed by atoms with van der Waals surface area (Å²) in [4.78, 5) is 25.3. The Balaban J connectivity index is 2.49. The molecule has 0 atom stereocenters. The van der Waals surface area contributed by atoms with Gasteiger partial charge in [-0.2, -0.15) is 0 Å². The molecule has 0 bridgehead atoms. The Morgan fingerprint density at radius 2 is 2.00 bits per heavy atom. The average molecular weight is 351 g/mol. The fourth-order valence-electron chi connectivity index (χ4n) is 1.83. The number of nitro benzene ring substituents is 1. The van der Waals surface area contributed by atoms with Gasteiger partial charge in [0, 0.05) is 33.4 Å². The van der Waals surface area contributed by atoms with Crippen LogP contribution in [0.2, 0.25) is 0 Å². The van der Waals surface area contributed by atoms with Crippen molar-refractivity contribution in [1.82, 2.24) is 4.98 Å². The van der Waals surface area contributed by atoms with E-state index in [0.717, 1.165) is 0 Å². The predicted octanol–water partition coefficient (Wildman–Crippen LogP) is 3.97. The van der Waals surface area contributed by atoms with E-state index in [1.165, 1.54) is 12.3 Å². The smallest absolute Gasteiger partial charge is 0.313 e. The minimum absolute atomic E-state index is 0.137. The van der Waals surface area contributed by atoms with E-state index in [4.69, 9.17) is 4.74 Å². The molecule has 2 rings (SSSR count). The summed E-state index contributed by atoms with van der Waals surface area (Å²) in [5.74, 6) is 0.367. The number of nitro groups is 1. The molecule has 7 heteroatoms. The van der Waals surface area contributed by atoms with Gasteiger partial charge in [0.25, 0.3) is 0 Å². The second-order valence-electron chi connectivity index (χ2n) is 4.44. The number of rotatable bonds is 4. The van der Waals surface area contributed by atoms with E-state index in [9.17, 15) is 14.9 Å². The number of carbonyl (C=O) groups excluding carboxylic acids is 1. The SMILES string of the molecule is Cc1cc(C=O)cnc1Oc1c(C)cc(Br)cc1[N+](=O)[O-]. The van der Waals surface area contributed by atoms with Crippen LogP contribution >= 0.6 is 15.9 Å². The molecule has 0 radical (unpaired) electrons. The van der Waals surface area contributed by atoms with Gasteiger partial charge < -0.3 is 4.74 Å². The summed E-state index contributed by atoms with van der Waals surface area (Å²) in [7, 11) is 0. The number of hydrogen-bond donors (Lipinski definition) is 0. The monoisotopic (exact) mass is 350 g/mol. The maximum Gasteiger partial charge on any atom is 0.313 e. The molecule has 21 heavy (non-hydrogen) atoms. The Morgan fingerprint density at radius 3 is 2.57 bits per heavy atom. The molecule has 0 spiro atoms. The number of nitrogens with zero attached hydrogens (tertiary/aromatic N) is 2. The van der Waals surface area contributed by atoms with Gasteiger partial charge in [0.2, 0.25) is 11.6 Å². The molecule has 0 aliphatic rings. The number of halogens is 1. The molecule has 0 saturated carbocycles. The van der Waals surface area contributed by atoms with Crippen molar-refractivity contribution >= 4 is 27.9 Å². The van der Waals surface area contributed by atoms with E-state index < -0.39 is 4.92 Å². The third kappa shape index (κ3) is 3.25. The van der Waals surface area contributed by atoms with Crippen LogP contribution in [0.1, 0.15) is 21.5 Å². The molecule has 0 unspecified atom stereocenters. The Bertz CT molecular complexity index is 731. The molecule has 2 aromatic rings. The van der Waals surface area contributed by atoms with Gasteiger partial charge in [-0.25, -0.2) is 4.98 Å². The fourth-order valence-corrected chi connectivity index (χ4v) is 2.39. The van der Waals surface area contributed by atoms with Gasteiger partial charge in [-0.15, -0.1) is 0 Å². The molecule has 0 amide bonds. The van der Waals surface area contributed by atoms with Crippen molar-refractivity contribution in [3.8, 4) is 11.6 Å². The molecular formula is C14H11BrN2O4. The van der Waals surface area contributed by atoms with Crippen LogP contribution < -0.4 is 4.74 Å². The highest BCUT2D eigenvalue weighted by Crippen LogP contribution is 2.37. The molecule has 1 heterocycles. The lowest BCUT2D eigenvalue weighted by atomic mass is 10.2. The Hall–Kier alpha value is -2.28. The molecule has 1 aromatic heterocycles. The summed E-state index contributed by atoms with van der Waals surface area (Å²) in [6, 6.07) is 4.70. The number of pyridine rings is 1. The number of hydrogen-bond acceptors (Lipinski definition) is 5. The maximum absolute atomic E-state index is 11.1. The summed E-state index contributed by atoms with van der Waals surface area (Å²) in [5, 5.41) is 11.1. The van der Waals surface area contributed by atoms with E-state index >= 15 is 0 Å². The van der Waals surface area contributed by atoms with Gasteiger partial charge in [-0.1, -0.05) is 15.9 Å². The number of aldehydes is 1. The molecule has 0 saturated heterocycles. The van der Waals surface area contributed by atoms with Crippen molar-refractivity contribution < 1.29 is 14.5 Å². The lowest BCUT2D eigenvalue weighted by molar-refractivity contribution is -0.385. The zero-order valence-electron chi connectivity index (χ0n) is 11.3. The second kappa shape index (κ2) is 6.01. The minimum Gasteiger partial charge on any atom is -0.431 e. The molecule has 0 aliphatic heterocycles. The van der Waals surface area contributed by atoms with Crippen LogP contribution in [-0.2, 0) is 0 Å². The largest absolute Gasteiger partial charge is 0.431 e. The number of carbonyl (C=O) groups is 1. The van der Waals surface area contributed by atoms with Gasteiger partial charge >= 0.3 is 5.69 Å². The second-order valence-corrected chi connectivity index (χ2v) is 5.35. The van der Waals surface area contributed by atoms with Crippen LogP contribution in [0.4, 0.5) is 5.69 Å². The molecular weight excluding hydrogens is 340 g/mol. The van der Waals surface area contributed by atoms with Crippen LogP contribution in [0.3, 0.4) is 0 Å². The normalized spacial score (nSPS) is 10.2. The first kappa shape index (κ1) is 15.1. The highest BCUT2D eigenvalue weighted by atomic mass is 79.9.